The van der Waals surface area contributed by atoms with Crippen LogP contribution in [-0.2, 0) is 0 Å². The molecule has 5 heteroatoms. The van der Waals surface area contributed by atoms with Gasteiger partial charge in [0, 0.05) is 27.7 Å². The summed E-state index contributed by atoms with van der Waals surface area (Å²) in [6.45, 7) is 2.78. The maximum atomic E-state index is 12.1. The molecule has 1 aromatic carbocycles. The molecule has 0 aliphatic rings. The summed E-state index contributed by atoms with van der Waals surface area (Å²) in [7, 11) is 5.42. The third-order valence-corrected chi connectivity index (χ3v) is 3.17. The molecule has 1 rings (SSSR count). The fraction of sp³-hybridized carbons (Fsp3) is 0.533. The van der Waals surface area contributed by atoms with Gasteiger partial charge in [-0.05, 0) is 18.6 Å². The summed E-state index contributed by atoms with van der Waals surface area (Å²) in [6.07, 6.45) is 3.19. The Morgan fingerprint density at radius 1 is 1.25 bits per heavy atom. The van der Waals surface area contributed by atoms with E-state index in [1.165, 1.54) is 4.90 Å². The summed E-state index contributed by atoms with van der Waals surface area (Å²) in [5.41, 5.74) is 1.32. The first-order chi connectivity index (χ1) is 9.49. The molecule has 0 unspecified atom stereocenters. The Labute approximate surface area is 121 Å². The Morgan fingerprint density at radius 2 is 1.95 bits per heavy atom. The Kier molecular flexibility index (Phi) is 6.15. The van der Waals surface area contributed by atoms with Crippen molar-refractivity contribution in [3.8, 4) is 5.75 Å². The summed E-state index contributed by atoms with van der Waals surface area (Å²) < 4.78 is 0. The van der Waals surface area contributed by atoms with Crippen molar-refractivity contribution < 1.29 is 9.90 Å². The molecule has 2 N–H and O–H groups in total. The number of aromatic hydroxyl groups is 1. The van der Waals surface area contributed by atoms with Gasteiger partial charge in [0.05, 0.1) is 5.69 Å². The normalized spacial score (nSPS) is 10.2. The Morgan fingerprint density at radius 3 is 2.55 bits per heavy atom. The van der Waals surface area contributed by atoms with Gasteiger partial charge in [-0.2, -0.15) is 0 Å². The van der Waals surface area contributed by atoms with E-state index in [9.17, 15) is 9.90 Å². The van der Waals surface area contributed by atoms with E-state index in [1.807, 2.05) is 25.1 Å². The number of hydrogen-bond donors (Lipinski definition) is 2. The van der Waals surface area contributed by atoms with Crippen LogP contribution in [0.15, 0.2) is 18.2 Å². The highest BCUT2D eigenvalue weighted by molar-refractivity contribution is 5.97. The van der Waals surface area contributed by atoms with Gasteiger partial charge in [0.2, 0.25) is 0 Å². The third kappa shape index (κ3) is 4.05. The average molecular weight is 279 g/mol. The maximum absolute atomic E-state index is 12.1. The number of rotatable bonds is 6. The van der Waals surface area contributed by atoms with Gasteiger partial charge < -0.3 is 15.3 Å². The van der Waals surface area contributed by atoms with Gasteiger partial charge in [-0.25, -0.2) is 4.79 Å². The number of unbranched alkanes of at least 4 members (excludes halogenated alkanes) is 2. The van der Waals surface area contributed by atoms with Crippen LogP contribution in [0.25, 0.3) is 0 Å². The van der Waals surface area contributed by atoms with Crippen LogP contribution in [0.4, 0.5) is 16.2 Å². The van der Waals surface area contributed by atoms with E-state index in [4.69, 9.17) is 0 Å². The van der Waals surface area contributed by atoms with Crippen LogP contribution in [-0.4, -0.2) is 38.8 Å². The summed E-state index contributed by atoms with van der Waals surface area (Å²) in [5, 5.41) is 12.9. The topological polar surface area (TPSA) is 55.8 Å². The second-order valence-corrected chi connectivity index (χ2v) is 5.04. The smallest absolute Gasteiger partial charge is 0.321 e. The first-order valence-corrected chi connectivity index (χ1v) is 6.99. The fourth-order valence-corrected chi connectivity index (χ4v) is 2.01. The molecule has 0 atom stereocenters. The van der Waals surface area contributed by atoms with Gasteiger partial charge in [0.15, 0.2) is 0 Å². The number of anilines is 2. The second kappa shape index (κ2) is 7.62. The predicted octanol–water partition coefficient (Wildman–Crippen LogP) is 2.79. The first kappa shape index (κ1) is 16.1. The van der Waals surface area contributed by atoms with E-state index >= 15 is 0 Å². The maximum Gasteiger partial charge on any atom is 0.321 e. The Hall–Kier alpha value is -1.91. The number of phenols is 1. The summed E-state index contributed by atoms with van der Waals surface area (Å²) >= 11 is 0. The van der Waals surface area contributed by atoms with Crippen LogP contribution in [0, 0.1) is 0 Å². The van der Waals surface area contributed by atoms with E-state index in [-0.39, 0.29) is 11.8 Å². The van der Waals surface area contributed by atoms with Crippen LogP contribution in [0.2, 0.25) is 0 Å². The van der Waals surface area contributed by atoms with E-state index < -0.39 is 0 Å². The molecule has 20 heavy (non-hydrogen) atoms. The minimum Gasteiger partial charge on any atom is -0.506 e. The van der Waals surface area contributed by atoms with Crippen LogP contribution >= 0.6 is 0 Å². The van der Waals surface area contributed by atoms with Crippen LogP contribution in [0.5, 0.6) is 5.75 Å². The number of para-hydroxylation sites is 1. The average Bonchev–Trinajstić information content (AvgIpc) is 2.42. The summed E-state index contributed by atoms with van der Waals surface area (Å²) in [5.74, 6) is 0.0995. The number of nitrogens with zero attached hydrogens (tertiary/aromatic N) is 2. The van der Waals surface area contributed by atoms with E-state index in [1.54, 1.807) is 19.2 Å². The Balaban J connectivity index is 2.80. The van der Waals surface area contributed by atoms with Crippen LogP contribution in [0.1, 0.15) is 26.2 Å². The van der Waals surface area contributed by atoms with Gasteiger partial charge in [-0.15, -0.1) is 0 Å². The van der Waals surface area contributed by atoms with Crippen molar-refractivity contribution in [2.75, 3.05) is 37.5 Å². The number of nitrogens with one attached hydrogen (secondary N) is 1. The molecule has 0 radical (unpaired) electrons. The molecular weight excluding hydrogens is 254 g/mol. The molecule has 0 heterocycles. The molecule has 0 aliphatic heterocycles. The standard InChI is InChI=1S/C15H25N3O2/c1-5-6-7-11-16-15(20)18(4)14-12(17(2)3)9-8-10-13(14)19/h8-10,19H,5-7,11H2,1-4H3,(H,16,20). The summed E-state index contributed by atoms with van der Waals surface area (Å²) in [4.78, 5) is 15.4. The molecule has 0 aliphatic carbocycles. The molecule has 0 fully saturated rings. The van der Waals surface area contributed by atoms with Crippen LogP contribution < -0.4 is 15.1 Å². The highest BCUT2D eigenvalue weighted by Crippen LogP contribution is 2.35. The quantitative estimate of drug-likeness (QED) is 0.787. The van der Waals surface area contributed by atoms with Gasteiger partial charge in [-0.1, -0.05) is 25.8 Å². The highest BCUT2D eigenvalue weighted by Gasteiger charge is 2.18. The molecule has 0 saturated carbocycles. The number of phenolic OH excluding ortho intramolecular Hbond substituents is 1. The van der Waals surface area contributed by atoms with Crippen molar-refractivity contribution in [2.24, 2.45) is 0 Å². The van der Waals surface area contributed by atoms with E-state index in [0.29, 0.717) is 12.2 Å². The SMILES string of the molecule is CCCCCNC(=O)N(C)c1c(O)cccc1N(C)C. The van der Waals surface area contributed by atoms with Gasteiger partial charge in [-0.3, -0.25) is 4.90 Å². The zero-order chi connectivity index (χ0) is 15.1. The molecule has 0 saturated heterocycles. The van der Waals surface area contributed by atoms with E-state index in [2.05, 4.69) is 12.2 Å². The van der Waals surface area contributed by atoms with Gasteiger partial charge >= 0.3 is 6.03 Å². The predicted molar refractivity (Wildman–Crippen MR) is 83.8 cm³/mol. The molecule has 2 amide bonds. The molecule has 0 spiro atoms. The molecule has 0 bridgehead atoms. The minimum atomic E-state index is -0.203. The lowest BCUT2D eigenvalue weighted by atomic mass is 10.2. The second-order valence-electron chi connectivity index (χ2n) is 5.04. The molecule has 112 valence electrons. The molecule has 1 aromatic rings. The summed E-state index contributed by atoms with van der Waals surface area (Å²) in [6, 6.07) is 5.02. The lowest BCUT2D eigenvalue weighted by molar-refractivity contribution is 0.247. The fourth-order valence-electron chi connectivity index (χ4n) is 2.01. The van der Waals surface area contributed by atoms with Crippen molar-refractivity contribution in [3.05, 3.63) is 18.2 Å². The number of carbonyl (C=O) groups is 1. The number of carbonyl (C=O) groups excluding carboxylic acids is 1. The number of benzene rings is 1. The van der Waals surface area contributed by atoms with E-state index in [0.717, 1.165) is 24.9 Å². The number of amides is 2. The molecule has 5 nitrogen and oxygen atoms in total. The monoisotopic (exact) mass is 279 g/mol. The van der Waals surface area contributed by atoms with Crippen molar-refractivity contribution in [3.63, 3.8) is 0 Å². The van der Waals surface area contributed by atoms with Gasteiger partial charge in [0.1, 0.15) is 11.4 Å². The van der Waals surface area contributed by atoms with Crippen molar-refractivity contribution in [1.82, 2.24) is 5.32 Å². The number of urea groups is 1. The first-order valence-electron chi connectivity index (χ1n) is 6.99. The van der Waals surface area contributed by atoms with Gasteiger partial charge in [0.25, 0.3) is 0 Å². The zero-order valence-electron chi connectivity index (χ0n) is 12.8. The largest absolute Gasteiger partial charge is 0.506 e. The third-order valence-electron chi connectivity index (χ3n) is 3.17. The number of hydrogen-bond acceptors (Lipinski definition) is 3. The van der Waals surface area contributed by atoms with Crippen molar-refractivity contribution >= 4 is 17.4 Å². The molecular formula is C15H25N3O2. The molecule has 0 aromatic heterocycles. The zero-order valence-corrected chi connectivity index (χ0v) is 12.8. The van der Waals surface area contributed by atoms with Crippen molar-refractivity contribution in [2.45, 2.75) is 26.2 Å². The lowest BCUT2D eigenvalue weighted by Gasteiger charge is -2.25. The minimum absolute atomic E-state index is 0.0995. The van der Waals surface area contributed by atoms with Crippen LogP contribution in [0.3, 0.4) is 0 Å². The van der Waals surface area contributed by atoms with Crippen molar-refractivity contribution in [1.29, 1.82) is 0 Å². The Bertz CT molecular complexity index is 447. The lowest BCUT2D eigenvalue weighted by Crippen LogP contribution is -2.38. The highest BCUT2D eigenvalue weighted by atomic mass is 16.3.